The van der Waals surface area contributed by atoms with Gasteiger partial charge in [0.05, 0.1) is 11.9 Å². The number of hydrogen-bond acceptors (Lipinski definition) is 4. The third-order valence-corrected chi connectivity index (χ3v) is 5.29. The Morgan fingerprint density at radius 3 is 2.50 bits per heavy atom. The highest BCUT2D eigenvalue weighted by Crippen LogP contribution is 2.38. The number of nitrogens with two attached hydrogens (primary N) is 1. The Labute approximate surface area is 144 Å². The zero-order valence-electron chi connectivity index (χ0n) is 14.4. The molecule has 4 N–H and O–H groups in total. The summed E-state index contributed by atoms with van der Waals surface area (Å²) in [5.41, 5.74) is 7.69. The quantitative estimate of drug-likeness (QED) is 0.731. The summed E-state index contributed by atoms with van der Waals surface area (Å²) in [4.78, 5) is 12.4. The summed E-state index contributed by atoms with van der Waals surface area (Å²) >= 11 is 0. The second-order valence-electron chi connectivity index (χ2n) is 6.89. The van der Waals surface area contributed by atoms with Crippen molar-refractivity contribution in [3.05, 3.63) is 23.8 Å². The fourth-order valence-electron chi connectivity index (χ4n) is 3.31. The Morgan fingerprint density at radius 2 is 1.92 bits per heavy atom. The number of nitrogens with one attached hydrogen (secondary N) is 2. The maximum absolute atomic E-state index is 12.4. The lowest BCUT2D eigenvalue weighted by Crippen LogP contribution is -2.36. The summed E-state index contributed by atoms with van der Waals surface area (Å²) in [5, 5.41) is 2.87. The van der Waals surface area contributed by atoms with Gasteiger partial charge in [-0.25, -0.2) is 8.42 Å². The van der Waals surface area contributed by atoms with Crippen LogP contribution in [-0.4, -0.2) is 27.1 Å². The molecular weight excluding hydrogens is 326 g/mol. The van der Waals surface area contributed by atoms with E-state index < -0.39 is 10.0 Å². The number of benzene rings is 1. The molecule has 0 unspecified atom stereocenters. The van der Waals surface area contributed by atoms with Gasteiger partial charge in [-0.15, -0.1) is 0 Å². The average molecular weight is 353 g/mol. The summed E-state index contributed by atoms with van der Waals surface area (Å²) < 4.78 is 25.3. The summed E-state index contributed by atoms with van der Waals surface area (Å²) in [6.45, 7) is 2.33. The van der Waals surface area contributed by atoms with Crippen molar-refractivity contribution in [1.82, 2.24) is 0 Å². The molecule has 0 atom stereocenters. The zero-order valence-corrected chi connectivity index (χ0v) is 15.2. The predicted octanol–water partition coefficient (Wildman–Crippen LogP) is 2.60. The van der Waals surface area contributed by atoms with E-state index in [1.165, 1.54) is 6.42 Å². The topological polar surface area (TPSA) is 101 Å². The minimum absolute atomic E-state index is 0.0727. The minimum atomic E-state index is -3.36. The first-order valence-electron chi connectivity index (χ1n) is 8.31. The molecule has 24 heavy (non-hydrogen) atoms. The first kappa shape index (κ1) is 18.7. The van der Waals surface area contributed by atoms with Crippen molar-refractivity contribution in [1.29, 1.82) is 0 Å². The van der Waals surface area contributed by atoms with Crippen molar-refractivity contribution in [3.8, 4) is 0 Å². The van der Waals surface area contributed by atoms with Gasteiger partial charge in [0.2, 0.25) is 15.9 Å². The van der Waals surface area contributed by atoms with Crippen molar-refractivity contribution in [2.24, 2.45) is 11.1 Å². The van der Waals surface area contributed by atoms with E-state index in [1.54, 1.807) is 18.2 Å². The normalized spacial score (nSPS) is 17.3. The number of rotatable bonds is 6. The first-order chi connectivity index (χ1) is 11.2. The summed E-state index contributed by atoms with van der Waals surface area (Å²) in [6, 6.07) is 5.20. The minimum Gasteiger partial charge on any atom is -0.330 e. The maximum Gasteiger partial charge on any atom is 0.229 e. The van der Waals surface area contributed by atoms with Gasteiger partial charge >= 0.3 is 0 Å². The number of anilines is 2. The van der Waals surface area contributed by atoms with Crippen molar-refractivity contribution in [3.63, 3.8) is 0 Å². The Morgan fingerprint density at radius 1 is 1.25 bits per heavy atom. The molecule has 0 aromatic heterocycles. The van der Waals surface area contributed by atoms with E-state index in [0.717, 1.165) is 37.5 Å². The number of carbonyl (C=O) groups excluding carboxylic acids is 1. The van der Waals surface area contributed by atoms with Crippen molar-refractivity contribution in [2.75, 3.05) is 22.8 Å². The van der Waals surface area contributed by atoms with Crippen LogP contribution in [0.3, 0.4) is 0 Å². The highest BCUT2D eigenvalue weighted by Gasteiger charge is 2.32. The van der Waals surface area contributed by atoms with Gasteiger partial charge in [0.1, 0.15) is 0 Å². The smallest absolute Gasteiger partial charge is 0.229 e. The molecule has 0 saturated heterocycles. The van der Waals surface area contributed by atoms with E-state index in [1.807, 2.05) is 6.92 Å². The molecule has 6 nitrogen and oxygen atoms in total. The van der Waals surface area contributed by atoms with Crippen LogP contribution in [0, 0.1) is 12.3 Å². The molecule has 1 aliphatic carbocycles. The molecule has 7 heteroatoms. The molecule has 0 radical (unpaired) electrons. The number of hydrogen-bond donors (Lipinski definition) is 3. The molecule has 1 amide bonds. The van der Waals surface area contributed by atoms with Crippen molar-refractivity contribution >= 4 is 27.3 Å². The number of amides is 1. The summed E-state index contributed by atoms with van der Waals surface area (Å²) in [6.07, 6.45) is 6.95. The molecule has 0 spiro atoms. The van der Waals surface area contributed by atoms with Crippen LogP contribution in [0.15, 0.2) is 18.2 Å². The summed E-state index contributed by atoms with van der Waals surface area (Å²) in [7, 11) is -3.36. The molecule has 1 aromatic carbocycles. The molecule has 0 heterocycles. The third-order valence-electron chi connectivity index (χ3n) is 4.70. The van der Waals surface area contributed by atoms with Crippen LogP contribution < -0.4 is 15.8 Å². The van der Waals surface area contributed by atoms with E-state index in [2.05, 4.69) is 10.0 Å². The highest BCUT2D eigenvalue weighted by molar-refractivity contribution is 7.92. The van der Waals surface area contributed by atoms with Crippen LogP contribution >= 0.6 is 0 Å². The first-order valence-corrected chi connectivity index (χ1v) is 10.2. The van der Waals surface area contributed by atoms with Gasteiger partial charge in [0.25, 0.3) is 0 Å². The van der Waals surface area contributed by atoms with E-state index in [0.29, 0.717) is 24.3 Å². The number of sulfonamides is 1. The molecule has 134 valence electrons. The Balaban J connectivity index is 2.07. The van der Waals surface area contributed by atoms with Gasteiger partial charge in [-0.1, -0.05) is 25.3 Å². The Kier molecular flexibility index (Phi) is 5.87. The van der Waals surface area contributed by atoms with Crippen molar-refractivity contribution in [2.45, 2.75) is 45.4 Å². The SMILES string of the molecule is Cc1ccc(NC(=O)CC2(CN)CCCCC2)cc1NS(C)(=O)=O. The van der Waals surface area contributed by atoms with E-state index in [4.69, 9.17) is 5.73 Å². The molecular formula is C17H27N3O3S. The van der Waals surface area contributed by atoms with Crippen LogP contribution in [0.5, 0.6) is 0 Å². The average Bonchev–Trinajstić information content (AvgIpc) is 2.50. The largest absolute Gasteiger partial charge is 0.330 e. The summed E-state index contributed by atoms with van der Waals surface area (Å²) in [5.74, 6) is -0.0727. The number of aryl methyl sites for hydroxylation is 1. The van der Waals surface area contributed by atoms with Crippen LogP contribution in [0.1, 0.15) is 44.1 Å². The van der Waals surface area contributed by atoms with E-state index >= 15 is 0 Å². The number of carbonyl (C=O) groups is 1. The van der Waals surface area contributed by atoms with Gasteiger partial charge in [-0.3, -0.25) is 9.52 Å². The van der Waals surface area contributed by atoms with E-state index in [-0.39, 0.29) is 11.3 Å². The van der Waals surface area contributed by atoms with Crippen LogP contribution in [0.4, 0.5) is 11.4 Å². The highest BCUT2D eigenvalue weighted by atomic mass is 32.2. The second kappa shape index (κ2) is 7.53. The molecule has 1 fully saturated rings. The predicted molar refractivity (Wildman–Crippen MR) is 97.5 cm³/mol. The van der Waals surface area contributed by atoms with E-state index in [9.17, 15) is 13.2 Å². The van der Waals surface area contributed by atoms with Crippen LogP contribution in [0.2, 0.25) is 0 Å². The van der Waals surface area contributed by atoms with Gasteiger partial charge in [-0.2, -0.15) is 0 Å². The second-order valence-corrected chi connectivity index (χ2v) is 8.64. The fourth-order valence-corrected chi connectivity index (χ4v) is 3.93. The lowest BCUT2D eigenvalue weighted by atomic mass is 9.71. The Hall–Kier alpha value is -1.60. The fraction of sp³-hybridized carbons (Fsp3) is 0.588. The molecule has 1 aromatic rings. The Bertz CT molecular complexity index is 695. The zero-order chi connectivity index (χ0) is 17.8. The van der Waals surface area contributed by atoms with Crippen LogP contribution in [-0.2, 0) is 14.8 Å². The van der Waals surface area contributed by atoms with Crippen LogP contribution in [0.25, 0.3) is 0 Å². The van der Waals surface area contributed by atoms with Gasteiger partial charge < -0.3 is 11.1 Å². The molecule has 0 aliphatic heterocycles. The monoisotopic (exact) mass is 353 g/mol. The third kappa shape index (κ3) is 5.21. The van der Waals surface area contributed by atoms with Gasteiger partial charge in [0.15, 0.2) is 0 Å². The lowest BCUT2D eigenvalue weighted by Gasteiger charge is -2.35. The standard InChI is InChI=1S/C17H27N3O3S/c1-13-6-7-14(10-15(13)20-24(2,22)23)19-16(21)11-17(12-18)8-4-3-5-9-17/h6-7,10,20H,3-5,8-9,11-12,18H2,1-2H3,(H,19,21). The lowest BCUT2D eigenvalue weighted by molar-refractivity contribution is -0.118. The van der Waals surface area contributed by atoms with Gasteiger partial charge in [0, 0.05) is 12.1 Å². The molecule has 1 saturated carbocycles. The maximum atomic E-state index is 12.4. The molecule has 1 aliphatic rings. The van der Waals surface area contributed by atoms with Crippen molar-refractivity contribution < 1.29 is 13.2 Å². The molecule has 2 rings (SSSR count). The van der Waals surface area contributed by atoms with Gasteiger partial charge in [-0.05, 0) is 49.4 Å². The molecule has 0 bridgehead atoms.